The van der Waals surface area contributed by atoms with E-state index in [2.05, 4.69) is 5.10 Å². The summed E-state index contributed by atoms with van der Waals surface area (Å²) in [6.07, 6.45) is 4.22. The van der Waals surface area contributed by atoms with Crippen LogP contribution in [0.2, 0.25) is 0 Å². The molecule has 0 spiro atoms. The van der Waals surface area contributed by atoms with Crippen LogP contribution in [0.5, 0.6) is 0 Å². The quantitative estimate of drug-likeness (QED) is 0.703. The minimum Gasteiger partial charge on any atom is -0.379 e. The number of hydrogen-bond acceptors (Lipinski definition) is 5. The van der Waals surface area contributed by atoms with Gasteiger partial charge in [-0.25, -0.2) is 4.79 Å². The number of anilines is 1. The van der Waals surface area contributed by atoms with Crippen LogP contribution in [0.1, 0.15) is 12.5 Å². The van der Waals surface area contributed by atoms with E-state index >= 15 is 0 Å². The van der Waals surface area contributed by atoms with Crippen molar-refractivity contribution >= 4 is 21.9 Å². The molecule has 4 rings (SSSR count). The predicted molar refractivity (Wildman–Crippen MR) is 94.1 cm³/mol. The summed E-state index contributed by atoms with van der Waals surface area (Å²) in [5.74, 6) is 0. The number of rotatable bonds is 4. The van der Waals surface area contributed by atoms with Crippen LogP contribution in [0, 0.1) is 0 Å². The molecule has 10 nitrogen and oxygen atoms in total. The van der Waals surface area contributed by atoms with E-state index in [0.29, 0.717) is 58.9 Å². The van der Waals surface area contributed by atoms with E-state index in [4.69, 9.17) is 4.74 Å². The molecule has 11 heteroatoms. The number of carbonyl (C=O) groups excluding carboxylic acids is 1. The van der Waals surface area contributed by atoms with Gasteiger partial charge < -0.3 is 9.64 Å². The summed E-state index contributed by atoms with van der Waals surface area (Å²) in [7, 11) is -1.68. The lowest BCUT2D eigenvalue weighted by Gasteiger charge is -2.30. The average Bonchev–Trinajstić information content (AvgIpc) is 3.37. The van der Waals surface area contributed by atoms with Gasteiger partial charge in [0.1, 0.15) is 0 Å². The molecule has 3 aliphatic rings. The van der Waals surface area contributed by atoms with Crippen molar-refractivity contribution in [2.45, 2.75) is 12.5 Å². The number of ether oxygens (including phenoxy) is 1. The Kier molecular flexibility index (Phi) is 4.63. The third-order valence-corrected chi connectivity index (χ3v) is 7.24. The molecule has 1 aromatic rings. The summed E-state index contributed by atoms with van der Waals surface area (Å²) in [5.41, 5.74) is 0.758. The molecule has 144 valence electrons. The topological polar surface area (TPSA) is 91.2 Å². The van der Waals surface area contributed by atoms with Crippen molar-refractivity contribution < 1.29 is 17.9 Å². The van der Waals surface area contributed by atoms with Gasteiger partial charge in [-0.15, -0.1) is 0 Å². The van der Waals surface area contributed by atoms with Crippen LogP contribution < -0.4 is 4.90 Å². The minimum atomic E-state index is -3.45. The van der Waals surface area contributed by atoms with Crippen LogP contribution in [0.3, 0.4) is 0 Å². The van der Waals surface area contributed by atoms with E-state index in [1.54, 1.807) is 27.7 Å². The van der Waals surface area contributed by atoms with Crippen LogP contribution in [-0.2, 0) is 14.9 Å². The lowest BCUT2D eigenvalue weighted by atomic mass is 10.3. The van der Waals surface area contributed by atoms with Gasteiger partial charge in [-0.05, 0) is 6.42 Å². The summed E-state index contributed by atoms with van der Waals surface area (Å²) in [6, 6.07) is -0.0532. The fourth-order valence-electron chi connectivity index (χ4n) is 3.63. The van der Waals surface area contributed by atoms with Gasteiger partial charge >= 0.3 is 6.03 Å². The SMILES string of the molecule is CN1CCN(c2cnn(C3CCN(S(=O)(=O)N4CCOCC4)C3)c2)C1=O. The van der Waals surface area contributed by atoms with Crippen LogP contribution in [0.15, 0.2) is 12.4 Å². The van der Waals surface area contributed by atoms with Crippen molar-refractivity contribution in [2.75, 3.05) is 64.4 Å². The Morgan fingerprint density at radius 2 is 1.88 bits per heavy atom. The second-order valence-corrected chi connectivity index (χ2v) is 8.78. The maximum absolute atomic E-state index is 12.8. The number of urea groups is 1. The largest absolute Gasteiger partial charge is 0.379 e. The highest BCUT2D eigenvalue weighted by atomic mass is 32.2. The molecule has 1 atom stereocenters. The molecule has 0 bridgehead atoms. The Morgan fingerprint density at radius 3 is 2.58 bits per heavy atom. The molecular weight excluding hydrogens is 360 g/mol. The van der Waals surface area contributed by atoms with Crippen LogP contribution in [-0.4, -0.2) is 97.3 Å². The fourth-order valence-corrected chi connectivity index (χ4v) is 5.26. The van der Waals surface area contributed by atoms with Gasteiger partial charge in [0.25, 0.3) is 10.2 Å². The Hall–Kier alpha value is -1.69. The summed E-state index contributed by atoms with van der Waals surface area (Å²) in [5, 5.41) is 4.38. The minimum absolute atomic E-state index is 0.0185. The lowest BCUT2D eigenvalue weighted by molar-refractivity contribution is 0.0705. The summed E-state index contributed by atoms with van der Waals surface area (Å²) in [4.78, 5) is 15.5. The van der Waals surface area contributed by atoms with Crippen molar-refractivity contribution in [1.82, 2.24) is 23.3 Å². The van der Waals surface area contributed by atoms with E-state index in [9.17, 15) is 13.2 Å². The first kappa shape index (κ1) is 17.7. The van der Waals surface area contributed by atoms with E-state index in [0.717, 1.165) is 5.69 Å². The van der Waals surface area contributed by atoms with Crippen molar-refractivity contribution in [2.24, 2.45) is 0 Å². The molecule has 26 heavy (non-hydrogen) atoms. The van der Waals surface area contributed by atoms with Gasteiger partial charge in [0.2, 0.25) is 0 Å². The van der Waals surface area contributed by atoms with Crippen LogP contribution >= 0.6 is 0 Å². The molecule has 0 aliphatic carbocycles. The average molecular weight is 384 g/mol. The van der Waals surface area contributed by atoms with Gasteiger partial charge in [-0.3, -0.25) is 9.58 Å². The molecule has 1 aromatic heterocycles. The maximum Gasteiger partial charge on any atom is 0.324 e. The second-order valence-electron chi connectivity index (χ2n) is 6.85. The molecule has 0 N–H and O–H groups in total. The van der Waals surface area contributed by atoms with Crippen molar-refractivity contribution in [3.8, 4) is 0 Å². The van der Waals surface area contributed by atoms with Gasteiger partial charge in [-0.1, -0.05) is 0 Å². The first-order valence-electron chi connectivity index (χ1n) is 8.86. The van der Waals surface area contributed by atoms with E-state index in [1.807, 2.05) is 6.20 Å². The molecule has 4 heterocycles. The van der Waals surface area contributed by atoms with Gasteiger partial charge in [-0.2, -0.15) is 22.1 Å². The zero-order chi connectivity index (χ0) is 18.3. The number of morpholine rings is 1. The van der Waals surface area contributed by atoms with E-state index in [-0.39, 0.29) is 12.1 Å². The maximum atomic E-state index is 12.8. The highest BCUT2D eigenvalue weighted by Crippen LogP contribution is 2.27. The predicted octanol–water partition coefficient (Wildman–Crippen LogP) is -0.421. The zero-order valence-electron chi connectivity index (χ0n) is 14.8. The molecule has 3 aliphatic heterocycles. The van der Waals surface area contributed by atoms with Crippen molar-refractivity contribution in [1.29, 1.82) is 0 Å². The molecule has 3 fully saturated rings. The van der Waals surface area contributed by atoms with E-state index in [1.165, 1.54) is 8.61 Å². The Morgan fingerprint density at radius 1 is 1.12 bits per heavy atom. The lowest BCUT2D eigenvalue weighted by Crippen LogP contribution is -2.47. The smallest absolute Gasteiger partial charge is 0.324 e. The number of likely N-dealkylation sites (N-methyl/N-ethyl adjacent to an activating group) is 1. The fraction of sp³-hybridized carbons (Fsp3) is 0.733. The molecule has 0 radical (unpaired) electrons. The Labute approximate surface area is 153 Å². The third kappa shape index (κ3) is 3.08. The molecule has 2 amide bonds. The molecular formula is C15H24N6O4S. The monoisotopic (exact) mass is 384 g/mol. The number of hydrogen-bond donors (Lipinski definition) is 0. The van der Waals surface area contributed by atoms with Gasteiger partial charge in [0.05, 0.1) is 31.1 Å². The number of aromatic nitrogens is 2. The molecule has 0 saturated carbocycles. The van der Waals surface area contributed by atoms with Crippen LogP contribution in [0.4, 0.5) is 10.5 Å². The zero-order valence-corrected chi connectivity index (χ0v) is 15.6. The number of amides is 2. The number of carbonyl (C=O) groups is 1. The first-order valence-corrected chi connectivity index (χ1v) is 10.3. The molecule has 0 aromatic carbocycles. The van der Waals surface area contributed by atoms with Gasteiger partial charge in [0.15, 0.2) is 0 Å². The highest BCUT2D eigenvalue weighted by Gasteiger charge is 2.37. The third-order valence-electron chi connectivity index (χ3n) is 5.24. The standard InChI is InChI=1S/C15H24N6O4S/c1-17-4-5-20(15(17)22)14-10-16-21(12-14)13-2-3-19(11-13)26(23,24)18-6-8-25-9-7-18/h10,12-13H,2-9,11H2,1H3. The Bertz CT molecular complexity index is 775. The summed E-state index contributed by atoms with van der Waals surface area (Å²) >= 11 is 0. The molecule has 1 unspecified atom stereocenters. The molecule has 3 saturated heterocycles. The first-order chi connectivity index (χ1) is 12.5. The van der Waals surface area contributed by atoms with Gasteiger partial charge in [0, 0.05) is 52.5 Å². The normalized spacial score (nSPS) is 26.2. The van der Waals surface area contributed by atoms with E-state index < -0.39 is 10.2 Å². The second kappa shape index (κ2) is 6.80. The van der Waals surface area contributed by atoms with Crippen molar-refractivity contribution in [3.05, 3.63) is 12.4 Å². The summed E-state index contributed by atoms with van der Waals surface area (Å²) in [6.45, 7) is 3.90. The highest BCUT2D eigenvalue weighted by molar-refractivity contribution is 7.86. The summed E-state index contributed by atoms with van der Waals surface area (Å²) < 4.78 is 35.6. The van der Waals surface area contributed by atoms with Crippen molar-refractivity contribution in [3.63, 3.8) is 0 Å². The number of nitrogens with zero attached hydrogens (tertiary/aromatic N) is 6. The van der Waals surface area contributed by atoms with Crippen LogP contribution in [0.25, 0.3) is 0 Å². The Balaban J connectivity index is 1.43.